The molecule has 1 rings (SSSR count). The summed E-state index contributed by atoms with van der Waals surface area (Å²) in [5, 5.41) is 0. The third-order valence-corrected chi connectivity index (χ3v) is 1.97. The van der Waals surface area contributed by atoms with Gasteiger partial charge in [-0.15, -0.1) is 11.6 Å². The van der Waals surface area contributed by atoms with Crippen LogP contribution in [0.5, 0.6) is 5.75 Å². The summed E-state index contributed by atoms with van der Waals surface area (Å²) in [4.78, 5) is 11.4. The van der Waals surface area contributed by atoms with E-state index in [1.807, 2.05) is 13.8 Å². The van der Waals surface area contributed by atoms with Gasteiger partial charge in [-0.25, -0.2) is 4.39 Å². The summed E-state index contributed by atoms with van der Waals surface area (Å²) in [5.74, 6) is -0.624. The smallest absolute Gasteiger partial charge is 0.181 e. The number of hydrogen-bond acceptors (Lipinski definition) is 2. The molecule has 0 fully saturated rings. The molecule has 15 heavy (non-hydrogen) atoms. The molecule has 1 aromatic rings. The zero-order chi connectivity index (χ0) is 11.4. The van der Waals surface area contributed by atoms with E-state index in [1.165, 1.54) is 12.1 Å². The third kappa shape index (κ3) is 3.20. The second kappa shape index (κ2) is 5.12. The lowest BCUT2D eigenvalue weighted by molar-refractivity contribution is 0.101. The molecule has 0 unspecified atom stereocenters. The highest BCUT2D eigenvalue weighted by Crippen LogP contribution is 2.21. The number of hydrogen-bond donors (Lipinski definition) is 0. The fourth-order valence-corrected chi connectivity index (χ4v) is 1.29. The molecule has 0 aliphatic rings. The van der Waals surface area contributed by atoms with Gasteiger partial charge in [0, 0.05) is 0 Å². The van der Waals surface area contributed by atoms with Crippen LogP contribution in [0, 0.1) is 5.82 Å². The van der Waals surface area contributed by atoms with Crippen LogP contribution in [0.4, 0.5) is 4.39 Å². The van der Waals surface area contributed by atoms with Crippen molar-refractivity contribution in [3.63, 3.8) is 0 Å². The van der Waals surface area contributed by atoms with Gasteiger partial charge in [0.1, 0.15) is 11.6 Å². The number of halogens is 2. The largest absolute Gasteiger partial charge is 0.490 e. The minimum absolute atomic E-state index is 0.0719. The van der Waals surface area contributed by atoms with Gasteiger partial charge in [-0.3, -0.25) is 4.79 Å². The number of rotatable bonds is 4. The highest BCUT2D eigenvalue weighted by Gasteiger charge is 2.13. The molecule has 4 heteroatoms. The van der Waals surface area contributed by atoms with E-state index in [0.717, 1.165) is 6.07 Å². The Morgan fingerprint density at radius 2 is 2.20 bits per heavy atom. The Morgan fingerprint density at radius 3 is 2.73 bits per heavy atom. The fraction of sp³-hybridized carbons (Fsp3) is 0.364. The second-order valence-corrected chi connectivity index (χ2v) is 3.63. The number of ketones is 1. The first kappa shape index (κ1) is 12.0. The van der Waals surface area contributed by atoms with Gasteiger partial charge in [-0.2, -0.15) is 0 Å². The Labute approximate surface area is 93.0 Å². The van der Waals surface area contributed by atoms with Crippen LogP contribution >= 0.6 is 11.6 Å². The minimum Gasteiger partial charge on any atom is -0.490 e. The summed E-state index contributed by atoms with van der Waals surface area (Å²) in [6, 6.07) is 3.83. The van der Waals surface area contributed by atoms with Crippen molar-refractivity contribution >= 4 is 17.4 Å². The Kier molecular flexibility index (Phi) is 4.09. The van der Waals surface area contributed by atoms with Crippen molar-refractivity contribution in [3.8, 4) is 5.75 Å². The summed E-state index contributed by atoms with van der Waals surface area (Å²) >= 11 is 5.42. The van der Waals surface area contributed by atoms with Gasteiger partial charge in [0.15, 0.2) is 5.78 Å². The molecule has 0 amide bonds. The van der Waals surface area contributed by atoms with E-state index in [1.54, 1.807) is 0 Å². The molecule has 0 saturated carbocycles. The van der Waals surface area contributed by atoms with E-state index in [4.69, 9.17) is 16.3 Å². The fourth-order valence-electron chi connectivity index (χ4n) is 1.15. The van der Waals surface area contributed by atoms with Crippen molar-refractivity contribution < 1.29 is 13.9 Å². The number of carbonyl (C=O) groups excluding carboxylic acids is 1. The van der Waals surface area contributed by atoms with Crippen molar-refractivity contribution in [2.24, 2.45) is 0 Å². The highest BCUT2D eigenvalue weighted by atomic mass is 35.5. The molecule has 1 aromatic carbocycles. The Bertz CT molecular complexity index is 364. The Hall–Kier alpha value is -1.09. The van der Waals surface area contributed by atoms with E-state index in [0.29, 0.717) is 5.75 Å². The molecule has 0 bridgehead atoms. The zero-order valence-electron chi connectivity index (χ0n) is 8.59. The van der Waals surface area contributed by atoms with E-state index in [-0.39, 0.29) is 23.3 Å². The van der Waals surface area contributed by atoms with Crippen LogP contribution in [0.25, 0.3) is 0 Å². The first-order chi connectivity index (χ1) is 7.04. The Balaban J connectivity index is 3.08. The van der Waals surface area contributed by atoms with Gasteiger partial charge in [-0.05, 0) is 32.0 Å². The molecular formula is C11H12ClFO2. The highest BCUT2D eigenvalue weighted by molar-refractivity contribution is 6.30. The summed E-state index contributed by atoms with van der Waals surface area (Å²) in [6.45, 7) is 3.66. The van der Waals surface area contributed by atoms with Crippen molar-refractivity contribution in [1.82, 2.24) is 0 Å². The predicted molar refractivity (Wildman–Crippen MR) is 57.2 cm³/mol. The van der Waals surface area contributed by atoms with Crippen LogP contribution in [0.1, 0.15) is 24.2 Å². The molecule has 82 valence electrons. The Morgan fingerprint density at radius 1 is 1.53 bits per heavy atom. The molecule has 0 N–H and O–H groups in total. The van der Waals surface area contributed by atoms with Crippen LogP contribution in [-0.4, -0.2) is 17.8 Å². The lowest BCUT2D eigenvalue weighted by atomic mass is 10.1. The molecule has 0 heterocycles. The maximum atomic E-state index is 12.9. The van der Waals surface area contributed by atoms with Crippen molar-refractivity contribution in [1.29, 1.82) is 0 Å². The van der Waals surface area contributed by atoms with Crippen LogP contribution in [-0.2, 0) is 0 Å². The van der Waals surface area contributed by atoms with Gasteiger partial charge in [-0.1, -0.05) is 0 Å². The molecular weight excluding hydrogens is 219 g/mol. The maximum Gasteiger partial charge on any atom is 0.181 e. The lowest BCUT2D eigenvalue weighted by Crippen LogP contribution is -2.11. The first-order valence-corrected chi connectivity index (χ1v) is 5.13. The van der Waals surface area contributed by atoms with Gasteiger partial charge in [0.25, 0.3) is 0 Å². The molecule has 0 aromatic heterocycles. The second-order valence-electron chi connectivity index (χ2n) is 3.36. The quantitative estimate of drug-likeness (QED) is 0.587. The monoisotopic (exact) mass is 230 g/mol. The van der Waals surface area contributed by atoms with E-state index in [2.05, 4.69) is 0 Å². The maximum absolute atomic E-state index is 12.9. The number of benzene rings is 1. The predicted octanol–water partition coefficient (Wildman–Crippen LogP) is 3.03. The molecule has 0 spiro atoms. The molecule has 2 nitrogen and oxygen atoms in total. The van der Waals surface area contributed by atoms with Crippen LogP contribution in [0.15, 0.2) is 18.2 Å². The van der Waals surface area contributed by atoms with Gasteiger partial charge < -0.3 is 4.74 Å². The molecule has 0 saturated heterocycles. The number of ether oxygens (including phenoxy) is 1. The van der Waals surface area contributed by atoms with Gasteiger partial charge in [0.2, 0.25) is 0 Å². The molecule has 0 radical (unpaired) electrons. The van der Waals surface area contributed by atoms with Crippen molar-refractivity contribution in [2.45, 2.75) is 20.0 Å². The van der Waals surface area contributed by atoms with Crippen molar-refractivity contribution in [2.75, 3.05) is 5.88 Å². The van der Waals surface area contributed by atoms with E-state index >= 15 is 0 Å². The normalized spacial score (nSPS) is 10.5. The third-order valence-electron chi connectivity index (χ3n) is 1.73. The van der Waals surface area contributed by atoms with Crippen LogP contribution < -0.4 is 4.74 Å². The minimum atomic E-state index is -0.473. The van der Waals surface area contributed by atoms with Crippen LogP contribution in [0.2, 0.25) is 0 Å². The number of alkyl halides is 1. The van der Waals surface area contributed by atoms with Crippen molar-refractivity contribution in [3.05, 3.63) is 29.6 Å². The molecule has 0 aliphatic carbocycles. The summed E-state index contributed by atoms with van der Waals surface area (Å²) in [5.41, 5.74) is 0.193. The lowest BCUT2D eigenvalue weighted by Gasteiger charge is -2.12. The summed E-state index contributed by atoms with van der Waals surface area (Å²) in [7, 11) is 0. The SMILES string of the molecule is CC(C)Oc1ccc(F)cc1C(=O)CCl. The average molecular weight is 231 g/mol. The average Bonchev–Trinajstić information content (AvgIpc) is 2.19. The summed E-state index contributed by atoms with van der Waals surface area (Å²) in [6.07, 6.45) is -0.0719. The number of carbonyl (C=O) groups is 1. The zero-order valence-corrected chi connectivity index (χ0v) is 9.34. The standard InChI is InChI=1S/C11H12ClFO2/c1-7(2)15-11-4-3-8(13)5-9(11)10(14)6-12/h3-5,7H,6H2,1-2H3. The topological polar surface area (TPSA) is 26.3 Å². The molecule has 0 aliphatic heterocycles. The van der Waals surface area contributed by atoms with Gasteiger partial charge in [0.05, 0.1) is 17.5 Å². The summed E-state index contributed by atoms with van der Waals surface area (Å²) < 4.78 is 18.3. The first-order valence-electron chi connectivity index (χ1n) is 4.60. The van der Waals surface area contributed by atoms with Gasteiger partial charge >= 0.3 is 0 Å². The van der Waals surface area contributed by atoms with E-state index < -0.39 is 5.82 Å². The van der Waals surface area contributed by atoms with Crippen LogP contribution in [0.3, 0.4) is 0 Å². The van der Waals surface area contributed by atoms with E-state index in [9.17, 15) is 9.18 Å². The molecule has 0 atom stereocenters. The number of Topliss-reactive ketones (excluding diaryl/α,β-unsaturated/α-hetero) is 1.